The third kappa shape index (κ3) is 2.89. The predicted octanol–water partition coefficient (Wildman–Crippen LogP) is 2.05. The van der Waals surface area contributed by atoms with Crippen LogP contribution in [-0.4, -0.2) is 22.6 Å². The van der Waals surface area contributed by atoms with Crippen LogP contribution in [0.5, 0.6) is 0 Å². The molecule has 0 fully saturated rings. The summed E-state index contributed by atoms with van der Waals surface area (Å²) in [6.07, 6.45) is 0. The summed E-state index contributed by atoms with van der Waals surface area (Å²) in [5.41, 5.74) is 3.03. The van der Waals surface area contributed by atoms with Gasteiger partial charge in [-0.2, -0.15) is 0 Å². The smallest absolute Gasteiger partial charge is 0.251 e. The molecule has 4 nitrogen and oxygen atoms in total. The fourth-order valence-corrected chi connectivity index (χ4v) is 2.08. The number of aliphatic hydroxyl groups excluding tert-OH is 1. The van der Waals surface area contributed by atoms with Gasteiger partial charge in [0, 0.05) is 10.9 Å². The number of rotatable bonds is 3. The van der Waals surface area contributed by atoms with Gasteiger partial charge in [0.15, 0.2) is 5.13 Å². The van der Waals surface area contributed by atoms with Crippen molar-refractivity contribution in [3.63, 3.8) is 0 Å². The second kappa shape index (κ2) is 5.07. The topological polar surface area (TPSA) is 62.2 Å². The average molecular weight is 248 g/mol. The van der Waals surface area contributed by atoms with Crippen molar-refractivity contribution in [2.24, 2.45) is 0 Å². The standard InChI is InChI=1S/C12H12N2O2S/c1-8-2-4-9(5-3-8)10-7-17-12(13-10)14-11(16)6-15/h2-5,7,15H,6H2,1H3,(H,13,14,16). The first-order valence-corrected chi connectivity index (χ1v) is 6.00. The highest BCUT2D eigenvalue weighted by Gasteiger charge is 2.06. The number of hydrogen-bond donors (Lipinski definition) is 2. The van der Waals surface area contributed by atoms with Crippen LogP contribution < -0.4 is 5.32 Å². The molecule has 0 aliphatic heterocycles. The van der Waals surface area contributed by atoms with Crippen LogP contribution in [0, 0.1) is 6.92 Å². The molecule has 2 N–H and O–H groups in total. The summed E-state index contributed by atoms with van der Waals surface area (Å²) in [7, 11) is 0. The first kappa shape index (κ1) is 11.8. The van der Waals surface area contributed by atoms with Gasteiger partial charge in [-0.15, -0.1) is 11.3 Å². The molecule has 1 aromatic carbocycles. The molecule has 0 saturated heterocycles. The molecule has 2 aromatic rings. The van der Waals surface area contributed by atoms with Crippen molar-refractivity contribution in [3.8, 4) is 11.3 Å². The van der Waals surface area contributed by atoms with Crippen molar-refractivity contribution in [2.45, 2.75) is 6.92 Å². The van der Waals surface area contributed by atoms with Gasteiger partial charge >= 0.3 is 0 Å². The third-order valence-corrected chi connectivity index (χ3v) is 3.00. The average Bonchev–Trinajstić information content (AvgIpc) is 2.78. The molecule has 5 heteroatoms. The molecule has 1 heterocycles. The highest BCUT2D eigenvalue weighted by molar-refractivity contribution is 7.14. The number of carbonyl (C=O) groups excluding carboxylic acids is 1. The van der Waals surface area contributed by atoms with Gasteiger partial charge in [0.2, 0.25) is 0 Å². The Morgan fingerprint density at radius 3 is 2.76 bits per heavy atom. The van der Waals surface area contributed by atoms with Crippen molar-refractivity contribution >= 4 is 22.4 Å². The minimum atomic E-state index is -0.528. The van der Waals surface area contributed by atoms with Crippen molar-refractivity contribution in [1.29, 1.82) is 0 Å². The zero-order valence-electron chi connectivity index (χ0n) is 9.30. The maximum Gasteiger partial charge on any atom is 0.251 e. The largest absolute Gasteiger partial charge is 0.387 e. The summed E-state index contributed by atoms with van der Waals surface area (Å²) in [5, 5.41) is 13.5. The molecular weight excluding hydrogens is 236 g/mol. The Labute approximate surface area is 103 Å². The first-order valence-electron chi connectivity index (χ1n) is 5.12. The van der Waals surface area contributed by atoms with E-state index in [0.29, 0.717) is 5.13 Å². The van der Waals surface area contributed by atoms with E-state index in [-0.39, 0.29) is 0 Å². The molecule has 0 radical (unpaired) electrons. The molecule has 0 aliphatic rings. The summed E-state index contributed by atoms with van der Waals surface area (Å²) >= 11 is 1.34. The van der Waals surface area contributed by atoms with Crippen molar-refractivity contribution in [2.75, 3.05) is 11.9 Å². The number of benzene rings is 1. The number of thiazole rings is 1. The van der Waals surface area contributed by atoms with Crippen molar-refractivity contribution in [3.05, 3.63) is 35.2 Å². The lowest BCUT2D eigenvalue weighted by Gasteiger charge is -1.98. The number of carbonyl (C=O) groups is 1. The minimum absolute atomic E-state index is 0.449. The Hall–Kier alpha value is -1.72. The third-order valence-electron chi connectivity index (χ3n) is 2.24. The Morgan fingerprint density at radius 1 is 1.41 bits per heavy atom. The molecule has 88 valence electrons. The lowest BCUT2D eigenvalue weighted by molar-refractivity contribution is -0.118. The highest BCUT2D eigenvalue weighted by Crippen LogP contribution is 2.24. The van der Waals surface area contributed by atoms with Gasteiger partial charge in [-0.05, 0) is 6.92 Å². The van der Waals surface area contributed by atoms with Crippen molar-refractivity contribution in [1.82, 2.24) is 4.98 Å². The molecule has 1 amide bonds. The van der Waals surface area contributed by atoms with Gasteiger partial charge < -0.3 is 5.11 Å². The van der Waals surface area contributed by atoms with Crippen LogP contribution >= 0.6 is 11.3 Å². The van der Waals surface area contributed by atoms with E-state index in [1.807, 2.05) is 36.6 Å². The molecule has 0 spiro atoms. The zero-order chi connectivity index (χ0) is 12.3. The highest BCUT2D eigenvalue weighted by atomic mass is 32.1. The monoisotopic (exact) mass is 248 g/mol. The number of hydrogen-bond acceptors (Lipinski definition) is 4. The van der Waals surface area contributed by atoms with Crippen LogP contribution in [0.3, 0.4) is 0 Å². The molecule has 2 rings (SSSR count). The van der Waals surface area contributed by atoms with Crippen LogP contribution in [-0.2, 0) is 4.79 Å². The van der Waals surface area contributed by atoms with Gasteiger partial charge in [0.25, 0.3) is 5.91 Å². The van der Waals surface area contributed by atoms with Crippen LogP contribution in [0.4, 0.5) is 5.13 Å². The first-order chi connectivity index (χ1) is 8.19. The fraction of sp³-hybridized carbons (Fsp3) is 0.167. The molecule has 0 atom stereocenters. The Balaban J connectivity index is 2.18. The zero-order valence-corrected chi connectivity index (χ0v) is 10.1. The van der Waals surface area contributed by atoms with E-state index in [2.05, 4.69) is 10.3 Å². The molecular formula is C12H12N2O2S. The number of anilines is 1. The number of nitrogens with zero attached hydrogens (tertiary/aromatic N) is 1. The molecule has 17 heavy (non-hydrogen) atoms. The van der Waals surface area contributed by atoms with Crippen LogP contribution in [0.15, 0.2) is 29.6 Å². The molecule has 1 aromatic heterocycles. The van der Waals surface area contributed by atoms with Gasteiger partial charge in [0.05, 0.1) is 5.69 Å². The normalized spacial score (nSPS) is 10.2. The predicted molar refractivity (Wildman–Crippen MR) is 68.0 cm³/mol. The van der Waals surface area contributed by atoms with E-state index in [4.69, 9.17) is 5.11 Å². The molecule has 0 aliphatic carbocycles. The SMILES string of the molecule is Cc1ccc(-c2csc(NC(=O)CO)n2)cc1. The van der Waals surface area contributed by atoms with Gasteiger partial charge in [-0.25, -0.2) is 4.98 Å². The Morgan fingerprint density at radius 2 is 2.12 bits per heavy atom. The maximum atomic E-state index is 11.0. The summed E-state index contributed by atoms with van der Waals surface area (Å²) < 4.78 is 0. The minimum Gasteiger partial charge on any atom is -0.387 e. The number of amides is 1. The van der Waals surface area contributed by atoms with Gasteiger partial charge in [-0.3, -0.25) is 10.1 Å². The van der Waals surface area contributed by atoms with E-state index in [0.717, 1.165) is 11.3 Å². The second-order valence-electron chi connectivity index (χ2n) is 3.61. The van der Waals surface area contributed by atoms with E-state index >= 15 is 0 Å². The molecule has 0 saturated carbocycles. The second-order valence-corrected chi connectivity index (χ2v) is 4.47. The number of aromatic nitrogens is 1. The number of nitrogens with one attached hydrogen (secondary N) is 1. The van der Waals surface area contributed by atoms with E-state index in [1.165, 1.54) is 16.9 Å². The van der Waals surface area contributed by atoms with E-state index < -0.39 is 12.5 Å². The van der Waals surface area contributed by atoms with Crippen LogP contribution in [0.2, 0.25) is 0 Å². The lowest BCUT2D eigenvalue weighted by Crippen LogP contribution is -2.15. The molecule has 0 bridgehead atoms. The summed E-state index contributed by atoms with van der Waals surface area (Å²) in [6, 6.07) is 8.01. The van der Waals surface area contributed by atoms with Crippen LogP contribution in [0.25, 0.3) is 11.3 Å². The summed E-state index contributed by atoms with van der Waals surface area (Å²) in [4.78, 5) is 15.3. The Bertz CT molecular complexity index is 520. The summed E-state index contributed by atoms with van der Waals surface area (Å²) in [6.45, 7) is 1.50. The Kier molecular flexibility index (Phi) is 3.51. The lowest BCUT2D eigenvalue weighted by atomic mass is 10.1. The van der Waals surface area contributed by atoms with Gasteiger partial charge in [0.1, 0.15) is 6.61 Å². The van der Waals surface area contributed by atoms with E-state index in [1.54, 1.807) is 0 Å². The number of aryl methyl sites for hydroxylation is 1. The van der Waals surface area contributed by atoms with Gasteiger partial charge in [-0.1, -0.05) is 29.8 Å². The van der Waals surface area contributed by atoms with Crippen molar-refractivity contribution < 1.29 is 9.90 Å². The van der Waals surface area contributed by atoms with Crippen LogP contribution in [0.1, 0.15) is 5.56 Å². The maximum absolute atomic E-state index is 11.0. The summed E-state index contributed by atoms with van der Waals surface area (Å²) in [5.74, 6) is -0.449. The fourth-order valence-electron chi connectivity index (χ4n) is 1.35. The molecule has 0 unspecified atom stereocenters. The van der Waals surface area contributed by atoms with E-state index in [9.17, 15) is 4.79 Å². The quantitative estimate of drug-likeness (QED) is 0.873. The number of aliphatic hydroxyl groups is 1.